The van der Waals surface area contributed by atoms with Gasteiger partial charge in [0, 0.05) is 18.0 Å². The number of halogens is 1. The lowest BCUT2D eigenvalue weighted by molar-refractivity contribution is 0.394. The van der Waals surface area contributed by atoms with E-state index < -0.39 is 0 Å². The number of methoxy groups -OCH3 is 1. The van der Waals surface area contributed by atoms with Gasteiger partial charge in [-0.2, -0.15) is 5.26 Å². The fraction of sp³-hybridized carbons (Fsp3) is 0.182. The Balaban J connectivity index is 2.53. The maximum atomic E-state index is 8.73. The molecule has 6 heteroatoms. The molecule has 2 aromatic heterocycles. The highest BCUT2D eigenvalue weighted by Crippen LogP contribution is 2.22. The molecule has 17 heavy (non-hydrogen) atoms. The standard InChI is InChI=1S/C11H9ClN4O/c1-7-3-10(17-2)15-16(7)11-9(12)4-8(5-13)6-14-11/h3-4,6H,1-2H3. The minimum Gasteiger partial charge on any atom is -0.480 e. The van der Waals surface area contributed by atoms with Crippen LogP contribution in [0.3, 0.4) is 0 Å². The fourth-order valence-electron chi connectivity index (χ4n) is 1.41. The van der Waals surface area contributed by atoms with E-state index in [-0.39, 0.29) is 0 Å². The van der Waals surface area contributed by atoms with Crippen LogP contribution < -0.4 is 4.74 Å². The van der Waals surface area contributed by atoms with Gasteiger partial charge in [0.2, 0.25) is 5.88 Å². The van der Waals surface area contributed by atoms with Crippen LogP contribution in [0, 0.1) is 18.3 Å². The van der Waals surface area contributed by atoms with Crippen LogP contribution in [0.4, 0.5) is 0 Å². The first-order valence-electron chi connectivity index (χ1n) is 4.82. The van der Waals surface area contributed by atoms with E-state index in [9.17, 15) is 0 Å². The highest BCUT2D eigenvalue weighted by Gasteiger charge is 2.11. The van der Waals surface area contributed by atoms with E-state index in [0.29, 0.717) is 22.3 Å². The highest BCUT2D eigenvalue weighted by atomic mass is 35.5. The van der Waals surface area contributed by atoms with Crippen LogP contribution in [-0.2, 0) is 0 Å². The van der Waals surface area contributed by atoms with Crippen molar-refractivity contribution in [3.63, 3.8) is 0 Å². The van der Waals surface area contributed by atoms with E-state index in [2.05, 4.69) is 10.1 Å². The molecule has 2 aromatic rings. The van der Waals surface area contributed by atoms with Gasteiger partial charge < -0.3 is 4.74 Å². The SMILES string of the molecule is COc1cc(C)n(-c2ncc(C#N)cc2Cl)n1. The van der Waals surface area contributed by atoms with Crippen molar-refractivity contribution in [3.05, 3.63) is 34.6 Å². The summed E-state index contributed by atoms with van der Waals surface area (Å²) < 4.78 is 6.60. The normalized spacial score (nSPS) is 10.0. The summed E-state index contributed by atoms with van der Waals surface area (Å²) in [7, 11) is 1.54. The molecule has 0 spiro atoms. The van der Waals surface area contributed by atoms with Gasteiger partial charge >= 0.3 is 0 Å². The molecule has 0 aromatic carbocycles. The van der Waals surface area contributed by atoms with E-state index in [4.69, 9.17) is 21.6 Å². The van der Waals surface area contributed by atoms with Gasteiger partial charge in [0.05, 0.1) is 17.7 Å². The Morgan fingerprint density at radius 3 is 2.76 bits per heavy atom. The number of nitriles is 1. The predicted octanol–water partition coefficient (Wildman–Crippen LogP) is 2.11. The van der Waals surface area contributed by atoms with E-state index >= 15 is 0 Å². The van der Waals surface area contributed by atoms with Gasteiger partial charge in [-0.3, -0.25) is 0 Å². The minimum atomic E-state index is 0.373. The van der Waals surface area contributed by atoms with Crippen LogP contribution in [0.5, 0.6) is 5.88 Å². The molecule has 0 amide bonds. The van der Waals surface area contributed by atoms with Crippen molar-refractivity contribution in [3.8, 4) is 17.8 Å². The Kier molecular flexibility index (Phi) is 2.98. The molecule has 0 saturated heterocycles. The molecule has 0 aliphatic carbocycles. The van der Waals surface area contributed by atoms with Gasteiger partial charge in [0.15, 0.2) is 5.82 Å². The van der Waals surface area contributed by atoms with Crippen LogP contribution in [-0.4, -0.2) is 21.9 Å². The lowest BCUT2D eigenvalue weighted by atomic mass is 10.3. The molecule has 0 radical (unpaired) electrons. The summed E-state index contributed by atoms with van der Waals surface area (Å²) in [5, 5.41) is 13.3. The number of hydrogen-bond acceptors (Lipinski definition) is 4. The number of hydrogen-bond donors (Lipinski definition) is 0. The lowest BCUT2D eigenvalue weighted by Crippen LogP contribution is -2.03. The van der Waals surface area contributed by atoms with Crippen molar-refractivity contribution in [1.82, 2.24) is 14.8 Å². The van der Waals surface area contributed by atoms with Gasteiger partial charge in [-0.1, -0.05) is 11.6 Å². The number of nitrogens with zero attached hydrogens (tertiary/aromatic N) is 4. The molecule has 0 aliphatic heterocycles. The first-order valence-corrected chi connectivity index (χ1v) is 5.20. The second-order valence-electron chi connectivity index (χ2n) is 3.38. The Morgan fingerprint density at radius 1 is 1.47 bits per heavy atom. The number of pyridine rings is 1. The third-order valence-corrected chi connectivity index (χ3v) is 2.50. The van der Waals surface area contributed by atoms with Gasteiger partial charge in [0.1, 0.15) is 6.07 Å². The molecular formula is C11H9ClN4O. The average Bonchev–Trinajstić information content (AvgIpc) is 2.70. The summed E-state index contributed by atoms with van der Waals surface area (Å²) in [6.07, 6.45) is 1.45. The molecule has 86 valence electrons. The van der Waals surface area contributed by atoms with Gasteiger partial charge in [-0.05, 0) is 13.0 Å². The van der Waals surface area contributed by atoms with Gasteiger partial charge in [-0.25, -0.2) is 9.67 Å². The Bertz CT molecular complexity index is 600. The first kappa shape index (κ1) is 11.4. The molecule has 0 bridgehead atoms. The minimum absolute atomic E-state index is 0.373. The number of aromatic nitrogens is 3. The van der Waals surface area contributed by atoms with Crippen molar-refractivity contribution in [2.24, 2.45) is 0 Å². The summed E-state index contributed by atoms with van der Waals surface area (Å²) in [6, 6.07) is 5.30. The number of rotatable bonds is 2. The van der Waals surface area contributed by atoms with Crippen LogP contribution in [0.2, 0.25) is 5.02 Å². The number of ether oxygens (including phenoxy) is 1. The maximum Gasteiger partial charge on any atom is 0.233 e. The molecule has 0 saturated carbocycles. The largest absolute Gasteiger partial charge is 0.480 e. The molecule has 0 aliphatic rings. The topological polar surface area (TPSA) is 63.7 Å². The zero-order valence-electron chi connectivity index (χ0n) is 9.31. The Labute approximate surface area is 103 Å². The number of aryl methyl sites for hydroxylation is 1. The van der Waals surface area contributed by atoms with E-state index in [1.54, 1.807) is 23.9 Å². The second-order valence-corrected chi connectivity index (χ2v) is 3.79. The Morgan fingerprint density at radius 2 is 2.24 bits per heavy atom. The van der Waals surface area contributed by atoms with Crippen molar-refractivity contribution < 1.29 is 4.74 Å². The van der Waals surface area contributed by atoms with Gasteiger partial charge in [-0.15, -0.1) is 5.10 Å². The zero-order chi connectivity index (χ0) is 12.4. The van der Waals surface area contributed by atoms with E-state index in [1.807, 2.05) is 13.0 Å². The summed E-state index contributed by atoms with van der Waals surface area (Å²) in [5.74, 6) is 0.969. The summed E-state index contributed by atoms with van der Waals surface area (Å²) in [6.45, 7) is 1.87. The zero-order valence-corrected chi connectivity index (χ0v) is 10.1. The maximum absolute atomic E-state index is 8.73. The van der Waals surface area contributed by atoms with Crippen LogP contribution in [0.1, 0.15) is 11.3 Å². The predicted molar refractivity (Wildman–Crippen MR) is 62.4 cm³/mol. The summed E-state index contributed by atoms with van der Waals surface area (Å²) in [4.78, 5) is 4.12. The highest BCUT2D eigenvalue weighted by molar-refractivity contribution is 6.32. The summed E-state index contributed by atoms with van der Waals surface area (Å²) in [5.41, 5.74) is 1.26. The Hall–Kier alpha value is -2.06. The smallest absolute Gasteiger partial charge is 0.233 e. The molecule has 0 N–H and O–H groups in total. The molecule has 0 atom stereocenters. The van der Waals surface area contributed by atoms with Crippen molar-refractivity contribution >= 4 is 11.6 Å². The monoisotopic (exact) mass is 248 g/mol. The van der Waals surface area contributed by atoms with E-state index in [1.165, 1.54) is 6.20 Å². The molecule has 0 unspecified atom stereocenters. The van der Waals surface area contributed by atoms with Crippen LogP contribution in [0.15, 0.2) is 18.3 Å². The quantitative estimate of drug-likeness (QED) is 0.817. The van der Waals surface area contributed by atoms with E-state index in [0.717, 1.165) is 5.69 Å². The first-order chi connectivity index (χ1) is 8.15. The van der Waals surface area contributed by atoms with Gasteiger partial charge in [0.25, 0.3) is 0 Å². The molecule has 5 nitrogen and oxygen atoms in total. The van der Waals surface area contributed by atoms with Crippen LogP contribution >= 0.6 is 11.6 Å². The molecule has 0 fully saturated rings. The average molecular weight is 249 g/mol. The lowest BCUT2D eigenvalue weighted by Gasteiger charge is -2.04. The van der Waals surface area contributed by atoms with Crippen molar-refractivity contribution in [2.45, 2.75) is 6.92 Å². The van der Waals surface area contributed by atoms with Crippen molar-refractivity contribution in [2.75, 3.05) is 7.11 Å². The summed E-state index contributed by atoms with van der Waals surface area (Å²) >= 11 is 6.05. The molecule has 2 rings (SSSR count). The third-order valence-electron chi connectivity index (χ3n) is 2.23. The van der Waals surface area contributed by atoms with Crippen LogP contribution in [0.25, 0.3) is 5.82 Å². The second kappa shape index (κ2) is 4.44. The van der Waals surface area contributed by atoms with Crippen molar-refractivity contribution in [1.29, 1.82) is 5.26 Å². The fourth-order valence-corrected chi connectivity index (χ4v) is 1.65. The molecular weight excluding hydrogens is 240 g/mol. The molecule has 2 heterocycles. The third kappa shape index (κ3) is 2.08.